The molecule has 17 heavy (non-hydrogen) atoms. The molecule has 2 saturated carbocycles. The van der Waals surface area contributed by atoms with Crippen molar-refractivity contribution in [2.24, 2.45) is 22.7 Å². The van der Waals surface area contributed by atoms with Gasteiger partial charge >= 0.3 is 0 Å². The molecule has 0 spiro atoms. The first-order valence-corrected chi connectivity index (χ1v) is 7.59. The lowest BCUT2D eigenvalue weighted by atomic mass is 9.69. The first kappa shape index (κ1) is 13.4. The van der Waals surface area contributed by atoms with E-state index < -0.39 is 0 Å². The van der Waals surface area contributed by atoms with Gasteiger partial charge in [-0.1, -0.05) is 41.5 Å². The normalized spacial score (nSPS) is 41.1. The Morgan fingerprint density at radius 2 is 1.88 bits per heavy atom. The second-order valence-electron chi connectivity index (χ2n) is 7.59. The van der Waals surface area contributed by atoms with Crippen molar-refractivity contribution in [3.8, 4) is 0 Å². The molecular weight excluding hydrogens is 206 g/mol. The Morgan fingerprint density at radius 3 is 2.24 bits per heavy atom. The highest BCUT2D eigenvalue weighted by molar-refractivity contribution is 5.13. The molecule has 1 N–H and O–H groups in total. The number of rotatable bonds is 4. The van der Waals surface area contributed by atoms with Gasteiger partial charge in [-0.25, -0.2) is 0 Å². The average Bonchev–Trinajstić information content (AvgIpc) is 2.57. The molecule has 0 aromatic heterocycles. The molecular formula is C16H31N. The summed E-state index contributed by atoms with van der Waals surface area (Å²) in [5.41, 5.74) is 1.07. The van der Waals surface area contributed by atoms with E-state index in [0.717, 1.165) is 17.9 Å². The van der Waals surface area contributed by atoms with Crippen LogP contribution in [0.5, 0.6) is 0 Å². The molecule has 2 aliphatic carbocycles. The zero-order valence-corrected chi connectivity index (χ0v) is 12.6. The molecule has 100 valence electrons. The summed E-state index contributed by atoms with van der Waals surface area (Å²) in [7, 11) is 0. The fourth-order valence-electron chi connectivity index (χ4n) is 4.50. The second kappa shape index (κ2) is 4.26. The molecule has 0 aromatic carbocycles. The van der Waals surface area contributed by atoms with Crippen molar-refractivity contribution in [3.63, 3.8) is 0 Å². The van der Waals surface area contributed by atoms with Crippen molar-refractivity contribution in [1.29, 1.82) is 0 Å². The van der Waals surface area contributed by atoms with Crippen LogP contribution in [0, 0.1) is 22.7 Å². The van der Waals surface area contributed by atoms with Crippen molar-refractivity contribution in [1.82, 2.24) is 5.32 Å². The van der Waals surface area contributed by atoms with E-state index in [1.807, 2.05) is 0 Å². The summed E-state index contributed by atoms with van der Waals surface area (Å²) in [6, 6.07) is 1.45. The molecule has 0 heterocycles. The van der Waals surface area contributed by atoms with Gasteiger partial charge in [-0.3, -0.25) is 0 Å². The second-order valence-corrected chi connectivity index (χ2v) is 7.59. The molecule has 4 unspecified atom stereocenters. The lowest BCUT2D eigenvalue weighted by Gasteiger charge is -2.41. The van der Waals surface area contributed by atoms with E-state index in [-0.39, 0.29) is 0 Å². The Balaban J connectivity index is 2.10. The Morgan fingerprint density at radius 1 is 1.24 bits per heavy atom. The molecule has 2 bridgehead atoms. The van der Waals surface area contributed by atoms with Crippen LogP contribution in [0.4, 0.5) is 0 Å². The van der Waals surface area contributed by atoms with Crippen molar-refractivity contribution < 1.29 is 0 Å². The van der Waals surface area contributed by atoms with Gasteiger partial charge in [0.05, 0.1) is 0 Å². The highest BCUT2D eigenvalue weighted by Crippen LogP contribution is 2.65. The summed E-state index contributed by atoms with van der Waals surface area (Å²) in [6.45, 7) is 14.6. The van der Waals surface area contributed by atoms with Crippen LogP contribution in [0.15, 0.2) is 0 Å². The molecule has 0 radical (unpaired) electrons. The molecule has 1 heteroatoms. The van der Waals surface area contributed by atoms with Gasteiger partial charge in [-0.15, -0.1) is 0 Å². The summed E-state index contributed by atoms with van der Waals surface area (Å²) in [6.07, 6.45) is 5.55. The third-order valence-electron chi connectivity index (χ3n) is 6.45. The topological polar surface area (TPSA) is 12.0 Å². The monoisotopic (exact) mass is 237 g/mol. The average molecular weight is 237 g/mol. The fraction of sp³-hybridized carbons (Fsp3) is 1.00. The van der Waals surface area contributed by atoms with E-state index in [1.165, 1.54) is 25.7 Å². The van der Waals surface area contributed by atoms with Crippen LogP contribution in [-0.4, -0.2) is 12.1 Å². The van der Waals surface area contributed by atoms with Gasteiger partial charge in [0.1, 0.15) is 0 Å². The van der Waals surface area contributed by atoms with Gasteiger partial charge in [0.2, 0.25) is 0 Å². The quantitative estimate of drug-likeness (QED) is 0.771. The Hall–Kier alpha value is -0.0400. The summed E-state index contributed by atoms with van der Waals surface area (Å²) < 4.78 is 0. The summed E-state index contributed by atoms with van der Waals surface area (Å²) in [4.78, 5) is 0. The minimum Gasteiger partial charge on any atom is -0.310 e. The van der Waals surface area contributed by atoms with Crippen LogP contribution in [0.25, 0.3) is 0 Å². The van der Waals surface area contributed by atoms with Gasteiger partial charge < -0.3 is 5.32 Å². The Kier molecular flexibility index (Phi) is 3.36. The predicted molar refractivity (Wildman–Crippen MR) is 75.1 cm³/mol. The van der Waals surface area contributed by atoms with Crippen LogP contribution in [0.3, 0.4) is 0 Å². The molecule has 2 rings (SSSR count). The number of hydrogen-bond acceptors (Lipinski definition) is 1. The SMILES string of the molecule is CCC(NC1CC2CCC1(C)C2(C)C)C(C)C. The van der Waals surface area contributed by atoms with Crippen molar-refractivity contribution in [3.05, 3.63) is 0 Å². The summed E-state index contributed by atoms with van der Waals surface area (Å²) in [5, 5.41) is 3.99. The van der Waals surface area contributed by atoms with Crippen LogP contribution in [-0.2, 0) is 0 Å². The van der Waals surface area contributed by atoms with Gasteiger partial charge in [0.25, 0.3) is 0 Å². The maximum atomic E-state index is 3.99. The third kappa shape index (κ3) is 1.85. The summed E-state index contributed by atoms with van der Waals surface area (Å²) >= 11 is 0. The predicted octanol–water partition coefficient (Wildman–Crippen LogP) is 4.23. The van der Waals surface area contributed by atoms with Crippen LogP contribution in [0.2, 0.25) is 0 Å². The van der Waals surface area contributed by atoms with E-state index >= 15 is 0 Å². The van der Waals surface area contributed by atoms with E-state index in [0.29, 0.717) is 16.9 Å². The van der Waals surface area contributed by atoms with Crippen molar-refractivity contribution in [2.45, 2.75) is 79.3 Å². The molecule has 0 aliphatic heterocycles. The maximum absolute atomic E-state index is 3.99. The minimum absolute atomic E-state index is 0.528. The number of fused-ring (bicyclic) bond motifs is 2. The van der Waals surface area contributed by atoms with Gasteiger partial charge in [-0.2, -0.15) is 0 Å². The minimum atomic E-state index is 0.528. The lowest BCUT2D eigenvalue weighted by Crippen LogP contribution is -2.49. The summed E-state index contributed by atoms with van der Waals surface area (Å²) in [5.74, 6) is 1.71. The highest BCUT2D eigenvalue weighted by atomic mass is 15.0. The van der Waals surface area contributed by atoms with Crippen LogP contribution < -0.4 is 5.32 Å². The Labute approximate surface area is 108 Å². The van der Waals surface area contributed by atoms with Crippen LogP contribution >= 0.6 is 0 Å². The molecule has 1 nitrogen and oxygen atoms in total. The molecule has 0 amide bonds. The smallest absolute Gasteiger partial charge is 0.0132 e. The first-order valence-electron chi connectivity index (χ1n) is 7.59. The van der Waals surface area contributed by atoms with E-state index in [2.05, 4.69) is 46.9 Å². The Bertz CT molecular complexity index is 281. The first-order chi connectivity index (χ1) is 7.83. The van der Waals surface area contributed by atoms with E-state index in [1.54, 1.807) is 0 Å². The van der Waals surface area contributed by atoms with E-state index in [4.69, 9.17) is 0 Å². The van der Waals surface area contributed by atoms with Crippen molar-refractivity contribution in [2.75, 3.05) is 0 Å². The lowest BCUT2D eigenvalue weighted by molar-refractivity contribution is 0.110. The largest absolute Gasteiger partial charge is 0.310 e. The molecule has 2 fully saturated rings. The third-order valence-corrected chi connectivity index (χ3v) is 6.45. The van der Waals surface area contributed by atoms with Crippen LogP contribution in [0.1, 0.15) is 67.2 Å². The van der Waals surface area contributed by atoms with E-state index in [9.17, 15) is 0 Å². The highest BCUT2D eigenvalue weighted by Gasteiger charge is 2.61. The van der Waals surface area contributed by atoms with Gasteiger partial charge in [0.15, 0.2) is 0 Å². The van der Waals surface area contributed by atoms with Gasteiger partial charge in [0, 0.05) is 12.1 Å². The van der Waals surface area contributed by atoms with Gasteiger partial charge in [-0.05, 0) is 48.3 Å². The molecule has 2 aliphatic rings. The molecule has 0 saturated heterocycles. The zero-order chi connectivity index (χ0) is 12.8. The molecule has 4 atom stereocenters. The fourth-order valence-corrected chi connectivity index (χ4v) is 4.50. The standard InChI is InChI=1S/C16H31N/c1-7-13(11(2)3)17-14-10-12-8-9-16(14,6)15(12,4)5/h11-14,17H,7-10H2,1-6H3. The molecule has 0 aromatic rings. The van der Waals surface area contributed by atoms with Crippen molar-refractivity contribution >= 4 is 0 Å². The maximum Gasteiger partial charge on any atom is 0.0132 e. The number of hydrogen-bond donors (Lipinski definition) is 1. The number of nitrogens with one attached hydrogen (secondary N) is 1. The zero-order valence-electron chi connectivity index (χ0n) is 12.6.